The van der Waals surface area contributed by atoms with E-state index < -0.39 is 47.2 Å². The van der Waals surface area contributed by atoms with Crippen LogP contribution in [0.3, 0.4) is 0 Å². The van der Waals surface area contributed by atoms with Gasteiger partial charge in [0, 0.05) is 24.9 Å². The van der Waals surface area contributed by atoms with Gasteiger partial charge < -0.3 is 10.6 Å². The lowest BCUT2D eigenvalue weighted by Gasteiger charge is -2.28. The molecule has 10 heteroatoms. The molecule has 4 aromatic rings. The minimum absolute atomic E-state index is 0.0441. The quantitative estimate of drug-likeness (QED) is 0.268. The summed E-state index contributed by atoms with van der Waals surface area (Å²) in [6, 6.07) is 14.2. The first-order valence-electron chi connectivity index (χ1n) is 12.7. The third kappa shape index (κ3) is 6.96. The van der Waals surface area contributed by atoms with Crippen LogP contribution in [0.4, 0.5) is 17.6 Å². The van der Waals surface area contributed by atoms with Gasteiger partial charge in [-0.25, -0.2) is 17.6 Å². The normalized spacial score (nSPS) is 12.6. The Labute approximate surface area is 235 Å². The minimum Gasteiger partial charge on any atom is -0.355 e. The smallest absolute Gasteiger partial charge is 0.254 e. The number of hydrogen-bond donors (Lipinski definition) is 2. The lowest BCUT2D eigenvalue weighted by Crippen LogP contribution is -2.40. The van der Waals surface area contributed by atoms with Crippen molar-refractivity contribution in [2.75, 3.05) is 21.1 Å². The number of nitrogens with one attached hydrogen (secondary N) is 2. The molecule has 41 heavy (non-hydrogen) atoms. The maximum absolute atomic E-state index is 14.4. The largest absolute Gasteiger partial charge is 0.355 e. The SMILES string of the molecule is CNC(=O)c1cc(-c2cccnc2[C@H](Cc2cc(F)cc(F)c2)NC(=O)C(c2ccc(F)cc2)N(C)C)ccc1F. The molecule has 3 aromatic carbocycles. The van der Waals surface area contributed by atoms with Gasteiger partial charge in [-0.15, -0.1) is 0 Å². The molecule has 0 spiro atoms. The van der Waals surface area contributed by atoms with Crippen molar-refractivity contribution in [3.63, 3.8) is 0 Å². The molecule has 1 unspecified atom stereocenters. The highest BCUT2D eigenvalue weighted by Crippen LogP contribution is 2.31. The van der Waals surface area contributed by atoms with E-state index in [1.807, 2.05) is 0 Å². The molecular weight excluding hydrogens is 536 g/mol. The van der Waals surface area contributed by atoms with Crippen LogP contribution in [0.15, 0.2) is 79.0 Å². The fourth-order valence-electron chi connectivity index (χ4n) is 4.70. The summed E-state index contributed by atoms with van der Waals surface area (Å²) in [6.07, 6.45) is 1.45. The van der Waals surface area contributed by atoms with Crippen LogP contribution in [0.2, 0.25) is 0 Å². The number of likely N-dealkylation sites (N-methyl/N-ethyl adjacent to an activating group) is 1. The van der Waals surface area contributed by atoms with Crippen molar-refractivity contribution >= 4 is 11.8 Å². The van der Waals surface area contributed by atoms with Crippen molar-refractivity contribution in [3.05, 3.63) is 125 Å². The van der Waals surface area contributed by atoms with E-state index in [9.17, 15) is 27.2 Å². The average Bonchev–Trinajstić information content (AvgIpc) is 2.93. The van der Waals surface area contributed by atoms with Crippen LogP contribution < -0.4 is 10.6 Å². The molecule has 212 valence electrons. The summed E-state index contributed by atoms with van der Waals surface area (Å²) in [6.45, 7) is 0. The van der Waals surface area contributed by atoms with Crippen LogP contribution in [0, 0.1) is 23.3 Å². The standard InChI is InChI=1S/C31H28F4N4O2/c1-36-30(40)25-16-20(8-11-26(25)35)24-5-4-12-37-28(24)27(15-18-13-22(33)17-23(34)14-18)38-31(41)29(39(2)3)19-6-9-21(32)10-7-19/h4-14,16-17,27,29H,15H2,1-3H3,(H,36,40)(H,38,41)/t27-,29?/m0/s1. The van der Waals surface area contributed by atoms with Crippen LogP contribution in [-0.4, -0.2) is 42.8 Å². The minimum atomic E-state index is -0.906. The summed E-state index contributed by atoms with van der Waals surface area (Å²) in [5.74, 6) is -3.82. The second kappa shape index (κ2) is 12.7. The van der Waals surface area contributed by atoms with E-state index in [-0.39, 0.29) is 17.5 Å². The molecule has 4 rings (SSSR count). The zero-order chi connectivity index (χ0) is 29.7. The first kappa shape index (κ1) is 29.4. The van der Waals surface area contributed by atoms with Gasteiger partial charge in [-0.05, 0) is 79.7 Å². The number of nitrogens with zero attached hydrogens (tertiary/aromatic N) is 2. The number of carbonyl (C=O) groups excluding carboxylic acids is 2. The summed E-state index contributed by atoms with van der Waals surface area (Å²) in [4.78, 5) is 32.1. The molecule has 2 atom stereocenters. The van der Waals surface area contributed by atoms with Gasteiger partial charge in [0.2, 0.25) is 5.91 Å². The second-order valence-electron chi connectivity index (χ2n) is 9.67. The topological polar surface area (TPSA) is 74.3 Å². The fourth-order valence-corrected chi connectivity index (χ4v) is 4.70. The number of aromatic nitrogens is 1. The Morgan fingerprint density at radius 3 is 2.20 bits per heavy atom. The Hall–Kier alpha value is -4.57. The molecule has 0 fully saturated rings. The van der Waals surface area contributed by atoms with Gasteiger partial charge in [0.25, 0.3) is 5.91 Å². The van der Waals surface area contributed by atoms with Crippen molar-refractivity contribution in [1.82, 2.24) is 20.5 Å². The number of benzene rings is 3. The predicted molar refractivity (Wildman–Crippen MR) is 147 cm³/mol. The molecular formula is C31H28F4N4O2. The van der Waals surface area contributed by atoms with Crippen molar-refractivity contribution < 1.29 is 27.2 Å². The van der Waals surface area contributed by atoms with Gasteiger partial charge >= 0.3 is 0 Å². The van der Waals surface area contributed by atoms with Crippen molar-refractivity contribution in [3.8, 4) is 11.1 Å². The van der Waals surface area contributed by atoms with Crippen LogP contribution in [0.1, 0.15) is 39.3 Å². The number of pyridine rings is 1. The van der Waals surface area contributed by atoms with E-state index in [4.69, 9.17) is 0 Å². The van der Waals surface area contributed by atoms with E-state index in [1.165, 1.54) is 49.6 Å². The van der Waals surface area contributed by atoms with E-state index in [1.54, 1.807) is 31.1 Å². The molecule has 0 aliphatic carbocycles. The van der Waals surface area contributed by atoms with Crippen molar-refractivity contribution in [2.45, 2.75) is 18.5 Å². The van der Waals surface area contributed by atoms with E-state index in [0.717, 1.165) is 24.3 Å². The predicted octanol–water partition coefficient (Wildman–Crippen LogP) is 5.37. The van der Waals surface area contributed by atoms with Crippen molar-refractivity contribution in [2.24, 2.45) is 0 Å². The molecule has 0 aliphatic rings. The number of hydrogen-bond acceptors (Lipinski definition) is 4. The highest BCUT2D eigenvalue weighted by atomic mass is 19.1. The zero-order valence-corrected chi connectivity index (χ0v) is 22.6. The van der Waals surface area contributed by atoms with Gasteiger partial charge in [-0.1, -0.05) is 24.3 Å². The fraction of sp³-hybridized carbons (Fsp3) is 0.194. The molecule has 0 saturated heterocycles. The highest BCUT2D eigenvalue weighted by molar-refractivity contribution is 5.95. The van der Waals surface area contributed by atoms with E-state index in [0.29, 0.717) is 22.4 Å². The number of amides is 2. The number of carbonyl (C=O) groups is 2. The van der Waals surface area contributed by atoms with Crippen LogP contribution in [0.25, 0.3) is 11.1 Å². The molecule has 6 nitrogen and oxygen atoms in total. The maximum Gasteiger partial charge on any atom is 0.254 e. The van der Waals surface area contributed by atoms with Crippen molar-refractivity contribution in [1.29, 1.82) is 0 Å². The molecule has 2 amide bonds. The number of halogens is 4. The average molecular weight is 565 g/mol. The van der Waals surface area contributed by atoms with E-state index >= 15 is 0 Å². The Morgan fingerprint density at radius 1 is 0.878 bits per heavy atom. The van der Waals surface area contributed by atoms with Gasteiger partial charge in [0.15, 0.2) is 0 Å². The Morgan fingerprint density at radius 2 is 1.56 bits per heavy atom. The molecule has 0 saturated carbocycles. The molecule has 1 heterocycles. The molecule has 1 aromatic heterocycles. The zero-order valence-electron chi connectivity index (χ0n) is 22.6. The summed E-state index contributed by atoms with van der Waals surface area (Å²) >= 11 is 0. The Bertz CT molecular complexity index is 1540. The summed E-state index contributed by atoms with van der Waals surface area (Å²) in [5, 5.41) is 5.35. The Balaban J connectivity index is 1.80. The molecule has 0 bridgehead atoms. The summed E-state index contributed by atoms with van der Waals surface area (Å²) < 4.78 is 56.3. The molecule has 2 N–H and O–H groups in total. The monoisotopic (exact) mass is 564 g/mol. The summed E-state index contributed by atoms with van der Waals surface area (Å²) in [5.41, 5.74) is 1.86. The Kier molecular flexibility index (Phi) is 9.14. The molecule has 0 aliphatic heterocycles. The first-order chi connectivity index (χ1) is 19.6. The third-order valence-electron chi connectivity index (χ3n) is 6.55. The first-order valence-corrected chi connectivity index (χ1v) is 12.7. The van der Waals surface area contributed by atoms with Gasteiger partial charge in [-0.3, -0.25) is 19.5 Å². The van der Waals surface area contributed by atoms with Crippen LogP contribution in [0.5, 0.6) is 0 Å². The second-order valence-corrected chi connectivity index (χ2v) is 9.67. The lowest BCUT2D eigenvalue weighted by atomic mass is 9.93. The van der Waals surface area contributed by atoms with Gasteiger partial charge in [0.1, 0.15) is 29.3 Å². The highest BCUT2D eigenvalue weighted by Gasteiger charge is 2.28. The lowest BCUT2D eigenvalue weighted by molar-refractivity contribution is -0.126. The molecule has 0 radical (unpaired) electrons. The van der Waals surface area contributed by atoms with Crippen LogP contribution in [-0.2, 0) is 11.2 Å². The van der Waals surface area contributed by atoms with E-state index in [2.05, 4.69) is 15.6 Å². The van der Waals surface area contributed by atoms with Gasteiger partial charge in [-0.2, -0.15) is 0 Å². The number of rotatable bonds is 9. The maximum atomic E-state index is 14.4. The third-order valence-corrected chi connectivity index (χ3v) is 6.55. The van der Waals surface area contributed by atoms with Crippen LogP contribution >= 0.6 is 0 Å². The van der Waals surface area contributed by atoms with Gasteiger partial charge in [0.05, 0.1) is 17.3 Å². The summed E-state index contributed by atoms with van der Waals surface area (Å²) in [7, 11) is 4.76.